The van der Waals surface area contributed by atoms with E-state index in [0.29, 0.717) is 33.3 Å². The number of likely N-dealkylation sites (tertiary alicyclic amines) is 1. The van der Waals surface area contributed by atoms with Crippen molar-refractivity contribution in [2.75, 3.05) is 26.7 Å². The molecular weight excluding hydrogens is 507 g/mol. The number of fused-ring (bicyclic) bond motifs is 4. The molecule has 37 heavy (non-hydrogen) atoms. The van der Waals surface area contributed by atoms with Gasteiger partial charge in [0, 0.05) is 52.3 Å². The van der Waals surface area contributed by atoms with Crippen molar-refractivity contribution in [1.82, 2.24) is 9.80 Å². The molecule has 3 aliphatic heterocycles. The van der Waals surface area contributed by atoms with E-state index >= 15 is 0 Å². The first-order chi connectivity index (χ1) is 17.8. The van der Waals surface area contributed by atoms with Crippen molar-refractivity contribution in [3.8, 4) is 0 Å². The second-order valence-corrected chi connectivity index (χ2v) is 11.4. The average molecular weight is 531 g/mol. The van der Waals surface area contributed by atoms with Crippen LogP contribution < -0.4 is 0 Å². The zero-order valence-electron chi connectivity index (χ0n) is 20.1. The van der Waals surface area contributed by atoms with E-state index < -0.39 is 22.6 Å². The maximum Gasteiger partial charge on any atom is 0.189 e. The van der Waals surface area contributed by atoms with Gasteiger partial charge in [-0.2, -0.15) is 0 Å². The van der Waals surface area contributed by atoms with Crippen LogP contribution in [0.3, 0.4) is 0 Å². The van der Waals surface area contributed by atoms with E-state index in [9.17, 15) is 14.7 Å². The summed E-state index contributed by atoms with van der Waals surface area (Å²) in [5, 5.41) is 13.9. The molecule has 3 heterocycles. The molecule has 2 bridgehead atoms. The lowest BCUT2D eigenvalue weighted by atomic mass is 9.58. The van der Waals surface area contributed by atoms with Gasteiger partial charge in [0.25, 0.3) is 0 Å². The molecule has 0 aromatic heterocycles. The maximum absolute atomic E-state index is 14.8. The van der Waals surface area contributed by atoms with E-state index in [2.05, 4.69) is 0 Å². The van der Waals surface area contributed by atoms with Gasteiger partial charge in [0.2, 0.25) is 0 Å². The molecule has 1 unspecified atom stereocenters. The van der Waals surface area contributed by atoms with Crippen LogP contribution in [0.2, 0.25) is 10.0 Å². The third-order valence-corrected chi connectivity index (χ3v) is 9.81. The summed E-state index contributed by atoms with van der Waals surface area (Å²) >= 11 is 13.2. The monoisotopic (exact) mass is 530 g/mol. The molecule has 3 aromatic rings. The van der Waals surface area contributed by atoms with Crippen molar-refractivity contribution in [2.45, 2.75) is 17.2 Å². The van der Waals surface area contributed by atoms with E-state index in [0.717, 1.165) is 11.1 Å². The Hall–Kier alpha value is -2.80. The number of halogens is 2. The lowest BCUT2D eigenvalue weighted by Crippen LogP contribution is -2.66. The standard InChI is InChI=1S/C30H24Cl2N2O3/c1-33-16-23(20-9-4-7-13-25(20)32)28-17-34(15-19(26(28)35)14-18-8-2-6-12-24(18)31)30(37)22-11-5-3-10-21(22)27(36)29(28,30)33/h2-14,23,37H,15-17H2,1H3/b19-14+/t23-,28+,29-,30-/m1/s1. The Kier molecular flexibility index (Phi) is 4.81. The minimum atomic E-state index is -1.67. The second-order valence-electron chi connectivity index (χ2n) is 10.6. The highest BCUT2D eigenvalue weighted by Gasteiger charge is 2.87. The van der Waals surface area contributed by atoms with Gasteiger partial charge in [-0.05, 0) is 36.4 Å². The van der Waals surface area contributed by atoms with Gasteiger partial charge in [0.1, 0.15) is 5.54 Å². The van der Waals surface area contributed by atoms with E-state index in [4.69, 9.17) is 23.2 Å². The van der Waals surface area contributed by atoms with Crippen molar-refractivity contribution in [3.05, 3.63) is 111 Å². The number of hydrogen-bond acceptors (Lipinski definition) is 5. The highest BCUT2D eigenvalue weighted by Crippen LogP contribution is 2.72. The van der Waals surface area contributed by atoms with Crippen LogP contribution in [-0.4, -0.2) is 58.7 Å². The predicted molar refractivity (Wildman–Crippen MR) is 143 cm³/mol. The molecule has 1 aliphatic carbocycles. The second kappa shape index (κ2) is 7.62. The van der Waals surface area contributed by atoms with Gasteiger partial charge in [-0.25, -0.2) is 0 Å². The van der Waals surface area contributed by atoms with Crippen molar-refractivity contribution in [1.29, 1.82) is 0 Å². The van der Waals surface area contributed by atoms with Gasteiger partial charge < -0.3 is 5.11 Å². The van der Waals surface area contributed by atoms with Crippen molar-refractivity contribution < 1.29 is 14.7 Å². The van der Waals surface area contributed by atoms with Crippen LogP contribution in [0.5, 0.6) is 0 Å². The quantitative estimate of drug-likeness (QED) is 0.483. The Bertz CT molecular complexity index is 1550. The fourth-order valence-corrected chi connectivity index (χ4v) is 8.28. The third kappa shape index (κ3) is 2.52. The van der Waals surface area contributed by atoms with Crippen LogP contribution in [0.25, 0.3) is 6.08 Å². The van der Waals surface area contributed by atoms with Crippen LogP contribution in [0, 0.1) is 5.41 Å². The fraction of sp³-hybridized carbons (Fsp3) is 0.267. The number of aliphatic hydroxyl groups is 1. The average Bonchev–Trinajstić information content (AvgIpc) is 3.36. The molecule has 5 atom stereocenters. The normalized spacial score (nSPS) is 35.1. The molecule has 7 rings (SSSR count). The molecule has 0 saturated carbocycles. The van der Waals surface area contributed by atoms with Gasteiger partial charge in [0.15, 0.2) is 17.3 Å². The first kappa shape index (κ1) is 23.3. The molecule has 186 valence electrons. The topological polar surface area (TPSA) is 60.9 Å². The SMILES string of the molecule is CN1C[C@H](c2ccccc2Cl)[C@@]23CN(C/C(=C\c4ccccc4Cl)C2=O)[C@@]2(O)c4ccccc4C(=O)[C@@]132. The number of ketones is 2. The Labute approximate surface area is 224 Å². The number of carbonyl (C=O) groups excluding carboxylic acids is 2. The van der Waals surface area contributed by atoms with Gasteiger partial charge >= 0.3 is 0 Å². The molecule has 3 saturated heterocycles. The minimum Gasteiger partial charge on any atom is -0.369 e. The number of rotatable bonds is 2. The zero-order valence-corrected chi connectivity index (χ0v) is 21.6. The number of benzene rings is 3. The molecule has 0 radical (unpaired) electrons. The molecule has 3 aromatic carbocycles. The molecule has 7 heteroatoms. The summed E-state index contributed by atoms with van der Waals surface area (Å²) in [5.74, 6) is -0.740. The number of hydrogen-bond donors (Lipinski definition) is 1. The van der Waals surface area contributed by atoms with Crippen LogP contribution in [0.1, 0.15) is 33.0 Å². The summed E-state index contributed by atoms with van der Waals surface area (Å²) in [6.45, 7) is 0.863. The van der Waals surface area contributed by atoms with Crippen molar-refractivity contribution in [3.63, 3.8) is 0 Å². The first-order valence-corrected chi connectivity index (χ1v) is 13.1. The molecule has 4 aliphatic rings. The number of nitrogens with zero attached hydrogens (tertiary/aromatic N) is 2. The zero-order chi connectivity index (χ0) is 25.7. The highest BCUT2D eigenvalue weighted by molar-refractivity contribution is 6.32. The minimum absolute atomic E-state index is 0.130. The van der Waals surface area contributed by atoms with Crippen LogP contribution >= 0.6 is 23.2 Å². The van der Waals surface area contributed by atoms with Gasteiger partial charge in [0.05, 0.1) is 5.41 Å². The Morgan fingerprint density at radius 3 is 2.35 bits per heavy atom. The summed E-state index contributed by atoms with van der Waals surface area (Å²) < 4.78 is 0. The number of carbonyl (C=O) groups is 2. The lowest BCUT2D eigenvalue weighted by molar-refractivity contribution is -0.145. The van der Waals surface area contributed by atoms with Gasteiger partial charge in [-0.3, -0.25) is 19.4 Å². The van der Waals surface area contributed by atoms with E-state index in [1.165, 1.54) is 0 Å². The van der Waals surface area contributed by atoms with Crippen molar-refractivity contribution >= 4 is 40.8 Å². The predicted octanol–water partition coefficient (Wildman–Crippen LogP) is 4.77. The summed E-state index contributed by atoms with van der Waals surface area (Å²) in [6.07, 6.45) is 1.81. The molecular formula is C30H24Cl2N2O3. The smallest absolute Gasteiger partial charge is 0.189 e. The molecule has 0 amide bonds. The number of likely N-dealkylation sites (N-methyl/N-ethyl adjacent to an activating group) is 1. The van der Waals surface area contributed by atoms with Gasteiger partial charge in [-0.15, -0.1) is 0 Å². The number of Topliss-reactive ketones (excluding diaryl/α,β-unsaturated/α-hetero) is 2. The molecule has 5 nitrogen and oxygen atoms in total. The molecule has 1 N–H and O–H groups in total. The molecule has 2 spiro atoms. The number of piperidine rings is 1. The van der Waals surface area contributed by atoms with E-state index in [1.807, 2.05) is 77.5 Å². The Morgan fingerprint density at radius 2 is 1.59 bits per heavy atom. The van der Waals surface area contributed by atoms with E-state index in [1.54, 1.807) is 18.2 Å². The fourth-order valence-electron chi connectivity index (χ4n) is 7.83. The highest BCUT2D eigenvalue weighted by atomic mass is 35.5. The summed E-state index contributed by atoms with van der Waals surface area (Å²) in [4.78, 5) is 33.2. The van der Waals surface area contributed by atoms with Crippen LogP contribution in [-0.2, 0) is 10.5 Å². The first-order valence-electron chi connectivity index (χ1n) is 12.4. The van der Waals surface area contributed by atoms with Crippen molar-refractivity contribution in [2.24, 2.45) is 5.41 Å². The van der Waals surface area contributed by atoms with Crippen LogP contribution in [0.15, 0.2) is 78.4 Å². The van der Waals surface area contributed by atoms with Gasteiger partial charge in [-0.1, -0.05) is 83.9 Å². The summed E-state index contributed by atoms with van der Waals surface area (Å²) in [5.41, 5.74) is -1.31. The summed E-state index contributed by atoms with van der Waals surface area (Å²) in [6, 6.07) is 22.1. The third-order valence-electron chi connectivity index (χ3n) is 9.12. The molecule has 3 fully saturated rings. The lowest BCUT2D eigenvalue weighted by Gasteiger charge is -2.45. The summed E-state index contributed by atoms with van der Waals surface area (Å²) in [7, 11) is 1.85. The Morgan fingerprint density at radius 1 is 0.919 bits per heavy atom. The van der Waals surface area contributed by atoms with Crippen LogP contribution in [0.4, 0.5) is 0 Å². The van der Waals surface area contributed by atoms with E-state index in [-0.39, 0.29) is 24.7 Å². The largest absolute Gasteiger partial charge is 0.369 e. The maximum atomic E-state index is 14.8. The Balaban J connectivity index is 1.54.